The Balaban J connectivity index is 1.51. The van der Waals surface area contributed by atoms with Crippen LogP contribution in [0.5, 0.6) is 0 Å². The van der Waals surface area contributed by atoms with Crippen molar-refractivity contribution in [2.75, 3.05) is 5.32 Å². The van der Waals surface area contributed by atoms with Gasteiger partial charge in [0.05, 0.1) is 22.6 Å². The molecule has 2 aromatic rings. The molecule has 9 heteroatoms. The molecule has 4 rings (SSSR count). The Bertz CT molecular complexity index is 1120. The Hall–Kier alpha value is -1.97. The highest BCUT2D eigenvalue weighted by Gasteiger charge is 2.67. The van der Waals surface area contributed by atoms with E-state index in [-0.39, 0.29) is 16.5 Å². The van der Waals surface area contributed by atoms with Gasteiger partial charge in [0.25, 0.3) is 5.91 Å². The standard InChI is InChI=1S/C22H17Cl4N3O2/c1-11-6-12(8-13(23)7-11)17-18(22(17,25)26)20(31)28-14-2-3-16(24)15(9-14)19(30)29-21(10-27)4-5-21/h2-3,6-9,17-18H,4-5H2,1H3,(H,28,31)(H,29,30). The lowest BCUT2D eigenvalue weighted by atomic mass is 10.1. The maximum Gasteiger partial charge on any atom is 0.254 e. The number of carbonyl (C=O) groups excluding carboxylic acids is 2. The van der Waals surface area contributed by atoms with Gasteiger partial charge in [0.1, 0.15) is 9.87 Å². The third-order valence-electron chi connectivity index (χ3n) is 5.55. The molecule has 31 heavy (non-hydrogen) atoms. The van der Waals surface area contributed by atoms with Gasteiger partial charge in [-0.2, -0.15) is 5.26 Å². The van der Waals surface area contributed by atoms with E-state index in [4.69, 9.17) is 46.4 Å². The summed E-state index contributed by atoms with van der Waals surface area (Å²) in [6.45, 7) is 1.90. The Labute approximate surface area is 199 Å². The molecule has 2 aliphatic carbocycles. The molecule has 2 amide bonds. The third-order valence-corrected chi connectivity index (χ3v) is 7.04. The monoisotopic (exact) mass is 495 g/mol. The average molecular weight is 497 g/mol. The van der Waals surface area contributed by atoms with Crippen molar-refractivity contribution in [3.8, 4) is 6.07 Å². The Morgan fingerprint density at radius 3 is 2.45 bits per heavy atom. The molecule has 2 saturated carbocycles. The van der Waals surface area contributed by atoms with Crippen LogP contribution in [0.25, 0.3) is 0 Å². The summed E-state index contributed by atoms with van der Waals surface area (Å²) in [6, 6.07) is 12.1. The minimum Gasteiger partial charge on any atom is -0.334 e. The number of nitriles is 1. The smallest absolute Gasteiger partial charge is 0.254 e. The maximum atomic E-state index is 12.9. The van der Waals surface area contributed by atoms with Gasteiger partial charge in [-0.05, 0) is 61.2 Å². The number of aryl methyl sites for hydroxylation is 1. The molecule has 0 saturated heterocycles. The van der Waals surface area contributed by atoms with E-state index in [1.807, 2.05) is 19.1 Å². The molecule has 2 N–H and O–H groups in total. The number of anilines is 1. The lowest BCUT2D eigenvalue weighted by Crippen LogP contribution is -2.35. The number of nitrogens with zero attached hydrogens (tertiary/aromatic N) is 1. The van der Waals surface area contributed by atoms with Crippen LogP contribution in [0.2, 0.25) is 10.0 Å². The minimum absolute atomic E-state index is 0.168. The predicted molar refractivity (Wildman–Crippen MR) is 122 cm³/mol. The van der Waals surface area contributed by atoms with E-state index in [2.05, 4.69) is 16.7 Å². The van der Waals surface area contributed by atoms with Crippen LogP contribution in [-0.4, -0.2) is 21.7 Å². The molecule has 160 valence electrons. The molecule has 2 atom stereocenters. The van der Waals surface area contributed by atoms with Crippen molar-refractivity contribution in [2.45, 2.75) is 35.6 Å². The van der Waals surface area contributed by atoms with Gasteiger partial charge in [0.2, 0.25) is 5.91 Å². The highest BCUT2D eigenvalue weighted by molar-refractivity contribution is 6.53. The van der Waals surface area contributed by atoms with Gasteiger partial charge in [-0.3, -0.25) is 9.59 Å². The van der Waals surface area contributed by atoms with Gasteiger partial charge in [0, 0.05) is 16.6 Å². The normalized spacial score (nSPS) is 22.2. The van der Waals surface area contributed by atoms with Crippen molar-refractivity contribution < 1.29 is 9.59 Å². The zero-order valence-electron chi connectivity index (χ0n) is 16.3. The number of nitrogens with one attached hydrogen (secondary N) is 2. The van der Waals surface area contributed by atoms with Crippen LogP contribution >= 0.6 is 46.4 Å². The summed E-state index contributed by atoms with van der Waals surface area (Å²) in [7, 11) is 0. The zero-order chi connectivity index (χ0) is 22.6. The van der Waals surface area contributed by atoms with Gasteiger partial charge in [0.15, 0.2) is 0 Å². The van der Waals surface area contributed by atoms with Crippen molar-refractivity contribution in [3.63, 3.8) is 0 Å². The van der Waals surface area contributed by atoms with Crippen LogP contribution in [0.4, 0.5) is 5.69 Å². The molecule has 0 spiro atoms. The second-order valence-electron chi connectivity index (χ2n) is 8.02. The summed E-state index contributed by atoms with van der Waals surface area (Å²) in [5, 5.41) is 15.4. The molecule has 2 aromatic carbocycles. The van der Waals surface area contributed by atoms with Gasteiger partial charge < -0.3 is 10.6 Å². The van der Waals surface area contributed by atoms with E-state index in [0.29, 0.717) is 23.6 Å². The molecule has 0 aromatic heterocycles. The molecule has 0 aliphatic heterocycles. The van der Waals surface area contributed by atoms with E-state index in [1.54, 1.807) is 12.1 Å². The molecule has 2 fully saturated rings. The quantitative estimate of drug-likeness (QED) is 0.527. The Kier molecular flexibility index (Phi) is 5.64. The van der Waals surface area contributed by atoms with Crippen LogP contribution < -0.4 is 10.6 Å². The number of hydrogen-bond donors (Lipinski definition) is 2. The van der Waals surface area contributed by atoms with Crippen molar-refractivity contribution in [2.24, 2.45) is 5.92 Å². The third kappa shape index (κ3) is 4.36. The average Bonchev–Trinajstić information content (AvgIpc) is 3.57. The second-order valence-corrected chi connectivity index (χ2v) is 10.3. The van der Waals surface area contributed by atoms with E-state index in [1.165, 1.54) is 12.1 Å². The summed E-state index contributed by atoms with van der Waals surface area (Å²) >= 11 is 25.1. The van der Waals surface area contributed by atoms with Crippen LogP contribution in [0, 0.1) is 24.2 Å². The summed E-state index contributed by atoms with van der Waals surface area (Å²) in [5.41, 5.74) is 1.45. The number of rotatable bonds is 5. The number of benzene rings is 2. The van der Waals surface area contributed by atoms with E-state index in [0.717, 1.165) is 11.1 Å². The highest BCUT2D eigenvalue weighted by Crippen LogP contribution is 2.65. The van der Waals surface area contributed by atoms with Crippen molar-refractivity contribution >= 4 is 63.9 Å². The molecule has 0 radical (unpaired) electrons. The fourth-order valence-electron chi connectivity index (χ4n) is 3.68. The van der Waals surface area contributed by atoms with E-state index < -0.39 is 27.6 Å². The topological polar surface area (TPSA) is 82.0 Å². The van der Waals surface area contributed by atoms with Gasteiger partial charge in [-0.25, -0.2) is 0 Å². The Morgan fingerprint density at radius 2 is 1.84 bits per heavy atom. The first kappa shape index (κ1) is 22.2. The van der Waals surface area contributed by atoms with E-state index in [9.17, 15) is 14.9 Å². The fraction of sp³-hybridized carbons (Fsp3) is 0.318. The van der Waals surface area contributed by atoms with Crippen LogP contribution in [0.3, 0.4) is 0 Å². The van der Waals surface area contributed by atoms with E-state index >= 15 is 0 Å². The highest BCUT2D eigenvalue weighted by atomic mass is 35.5. The molecule has 0 bridgehead atoms. The fourth-order valence-corrected chi connectivity index (χ4v) is 5.01. The van der Waals surface area contributed by atoms with Gasteiger partial charge in [-0.15, -0.1) is 23.2 Å². The molecular weight excluding hydrogens is 480 g/mol. The number of alkyl halides is 2. The second kappa shape index (κ2) is 7.86. The van der Waals surface area contributed by atoms with Crippen molar-refractivity contribution in [1.29, 1.82) is 5.26 Å². The Morgan fingerprint density at radius 1 is 1.13 bits per heavy atom. The van der Waals surface area contributed by atoms with Crippen LogP contribution in [0.15, 0.2) is 36.4 Å². The van der Waals surface area contributed by atoms with Crippen LogP contribution in [-0.2, 0) is 4.79 Å². The number of halogens is 4. The number of hydrogen-bond acceptors (Lipinski definition) is 3. The molecule has 2 unspecified atom stereocenters. The first-order valence-corrected chi connectivity index (χ1v) is 11.1. The summed E-state index contributed by atoms with van der Waals surface area (Å²) in [5.74, 6) is -1.94. The first-order chi connectivity index (χ1) is 14.6. The van der Waals surface area contributed by atoms with Crippen molar-refractivity contribution in [1.82, 2.24) is 5.32 Å². The minimum atomic E-state index is -1.26. The van der Waals surface area contributed by atoms with Crippen molar-refractivity contribution in [3.05, 3.63) is 63.1 Å². The largest absolute Gasteiger partial charge is 0.334 e. The lowest BCUT2D eigenvalue weighted by molar-refractivity contribution is -0.117. The SMILES string of the molecule is Cc1cc(Cl)cc(C2C(C(=O)Nc3ccc(Cl)c(C(=O)NC4(C#N)CC4)c3)C2(Cl)Cl)c1. The zero-order valence-corrected chi connectivity index (χ0v) is 19.3. The number of amides is 2. The summed E-state index contributed by atoms with van der Waals surface area (Å²) in [4.78, 5) is 25.5. The lowest BCUT2D eigenvalue weighted by Gasteiger charge is -2.12. The molecule has 5 nitrogen and oxygen atoms in total. The van der Waals surface area contributed by atoms with Gasteiger partial charge in [-0.1, -0.05) is 29.3 Å². The van der Waals surface area contributed by atoms with Gasteiger partial charge >= 0.3 is 0 Å². The predicted octanol–water partition coefficient (Wildman–Crippen LogP) is 5.61. The maximum absolute atomic E-state index is 12.9. The molecular formula is C22H17Cl4N3O2. The first-order valence-electron chi connectivity index (χ1n) is 9.55. The molecule has 0 heterocycles. The molecule has 2 aliphatic rings. The summed E-state index contributed by atoms with van der Waals surface area (Å²) in [6.07, 6.45) is 1.20. The number of carbonyl (C=O) groups is 2. The summed E-state index contributed by atoms with van der Waals surface area (Å²) < 4.78 is -1.26. The van der Waals surface area contributed by atoms with Crippen LogP contribution in [0.1, 0.15) is 40.2 Å².